The number of pyridine rings is 1. The van der Waals surface area contributed by atoms with Crippen LogP contribution in [0.2, 0.25) is 0 Å². The fourth-order valence-corrected chi connectivity index (χ4v) is 3.56. The Hall–Kier alpha value is -4.28. The molecule has 0 saturated carbocycles. The highest BCUT2D eigenvalue weighted by Gasteiger charge is 2.26. The van der Waals surface area contributed by atoms with Crippen LogP contribution in [0.3, 0.4) is 0 Å². The van der Waals surface area contributed by atoms with Crippen LogP contribution in [-0.4, -0.2) is 28.3 Å². The van der Waals surface area contributed by atoms with Gasteiger partial charge in [0.15, 0.2) is 5.69 Å². The van der Waals surface area contributed by atoms with Crippen molar-refractivity contribution in [3.05, 3.63) is 81.5 Å². The molecule has 0 spiro atoms. The zero-order valence-electron chi connectivity index (χ0n) is 19.7. The summed E-state index contributed by atoms with van der Waals surface area (Å²) in [5.74, 6) is -3.69. The lowest BCUT2D eigenvalue weighted by atomic mass is 9.96. The topological polar surface area (TPSA) is 110 Å². The van der Waals surface area contributed by atoms with Gasteiger partial charge in [0.1, 0.15) is 23.2 Å². The number of rotatable bonds is 7. The van der Waals surface area contributed by atoms with E-state index in [1.54, 1.807) is 13.8 Å². The standard InChI is InChI=1S/C25H24F3N3O5/c1-4-36-21(33)12-19(29-25(35)30-23-20(32)9-13(2)31(3)24(23)34)18-11-16(27)10-17(22(18)28)14-5-7-15(26)8-6-14/h5-11,19,32H,4,12H2,1-3H3,(H2,29,30,35). The van der Waals surface area contributed by atoms with E-state index < -0.39 is 58.9 Å². The molecule has 3 aromatic rings. The lowest BCUT2D eigenvalue weighted by Gasteiger charge is -2.21. The smallest absolute Gasteiger partial charge is 0.319 e. The van der Waals surface area contributed by atoms with Gasteiger partial charge in [0.05, 0.1) is 19.1 Å². The average molecular weight is 503 g/mol. The second kappa shape index (κ2) is 11.0. The van der Waals surface area contributed by atoms with Crippen molar-refractivity contribution in [2.45, 2.75) is 26.3 Å². The van der Waals surface area contributed by atoms with Crippen LogP contribution < -0.4 is 16.2 Å². The first-order valence-corrected chi connectivity index (χ1v) is 10.9. The molecule has 0 bridgehead atoms. The number of carbonyl (C=O) groups excluding carboxylic acids is 2. The fourth-order valence-electron chi connectivity index (χ4n) is 3.56. The lowest BCUT2D eigenvalue weighted by molar-refractivity contribution is -0.143. The molecule has 3 rings (SSSR count). The molecule has 8 nitrogen and oxygen atoms in total. The summed E-state index contributed by atoms with van der Waals surface area (Å²) in [6, 6.07) is 5.17. The maximum absolute atomic E-state index is 15.6. The van der Waals surface area contributed by atoms with Crippen LogP contribution in [0, 0.1) is 24.4 Å². The van der Waals surface area contributed by atoms with Gasteiger partial charge in [-0.2, -0.15) is 0 Å². The molecule has 1 atom stereocenters. The second-order valence-electron chi connectivity index (χ2n) is 7.93. The number of carbonyl (C=O) groups is 2. The summed E-state index contributed by atoms with van der Waals surface area (Å²) >= 11 is 0. The van der Waals surface area contributed by atoms with E-state index in [2.05, 4.69) is 10.6 Å². The van der Waals surface area contributed by atoms with E-state index >= 15 is 4.39 Å². The molecular formula is C25H24F3N3O5. The van der Waals surface area contributed by atoms with Crippen LogP contribution in [0.25, 0.3) is 11.1 Å². The van der Waals surface area contributed by atoms with Crippen LogP contribution in [-0.2, 0) is 16.6 Å². The van der Waals surface area contributed by atoms with E-state index in [-0.39, 0.29) is 23.3 Å². The summed E-state index contributed by atoms with van der Waals surface area (Å²) in [4.78, 5) is 37.4. The number of aromatic hydroxyl groups is 1. The van der Waals surface area contributed by atoms with Crippen molar-refractivity contribution in [1.29, 1.82) is 0 Å². The van der Waals surface area contributed by atoms with Crippen LogP contribution >= 0.6 is 0 Å². The van der Waals surface area contributed by atoms with Crippen molar-refractivity contribution in [3.8, 4) is 16.9 Å². The Bertz CT molecular complexity index is 1360. The Kier molecular flexibility index (Phi) is 8.03. The van der Waals surface area contributed by atoms with Crippen molar-refractivity contribution in [2.24, 2.45) is 7.05 Å². The van der Waals surface area contributed by atoms with Crippen LogP contribution in [0.1, 0.15) is 30.6 Å². The molecule has 0 radical (unpaired) electrons. The molecular weight excluding hydrogens is 479 g/mol. The van der Waals surface area contributed by atoms with E-state index in [1.165, 1.54) is 29.8 Å². The molecule has 11 heteroatoms. The van der Waals surface area contributed by atoms with Crippen molar-refractivity contribution < 1.29 is 32.6 Å². The molecule has 0 fully saturated rings. The van der Waals surface area contributed by atoms with E-state index in [9.17, 15) is 28.3 Å². The maximum atomic E-state index is 15.6. The number of ether oxygens (including phenoxy) is 1. The number of halogens is 3. The van der Waals surface area contributed by atoms with Gasteiger partial charge in [-0.3, -0.25) is 9.59 Å². The Morgan fingerprint density at radius 2 is 1.75 bits per heavy atom. The third kappa shape index (κ3) is 5.85. The van der Waals surface area contributed by atoms with Gasteiger partial charge in [0, 0.05) is 29.9 Å². The molecule has 2 aromatic carbocycles. The van der Waals surface area contributed by atoms with Gasteiger partial charge in [-0.15, -0.1) is 0 Å². The van der Waals surface area contributed by atoms with E-state index in [4.69, 9.17) is 4.74 Å². The zero-order chi connectivity index (χ0) is 26.6. The fraction of sp³-hybridized carbons (Fsp3) is 0.240. The number of benzene rings is 2. The van der Waals surface area contributed by atoms with Gasteiger partial charge in [0.2, 0.25) is 0 Å². The number of urea groups is 1. The molecule has 1 heterocycles. The first-order valence-electron chi connectivity index (χ1n) is 10.9. The Morgan fingerprint density at radius 3 is 2.39 bits per heavy atom. The maximum Gasteiger partial charge on any atom is 0.319 e. The number of nitrogens with one attached hydrogen (secondary N) is 2. The third-order valence-corrected chi connectivity index (χ3v) is 5.47. The molecule has 3 N–H and O–H groups in total. The van der Waals surface area contributed by atoms with Crippen molar-refractivity contribution in [3.63, 3.8) is 0 Å². The monoisotopic (exact) mass is 503 g/mol. The molecule has 1 aromatic heterocycles. The Labute approximate surface area is 204 Å². The van der Waals surface area contributed by atoms with Crippen molar-refractivity contribution in [1.82, 2.24) is 9.88 Å². The summed E-state index contributed by atoms with van der Waals surface area (Å²) in [7, 11) is 1.43. The van der Waals surface area contributed by atoms with Gasteiger partial charge in [-0.05, 0) is 43.7 Å². The minimum Gasteiger partial charge on any atom is -0.505 e. The predicted molar refractivity (Wildman–Crippen MR) is 126 cm³/mol. The third-order valence-electron chi connectivity index (χ3n) is 5.47. The molecule has 0 aliphatic carbocycles. The molecule has 0 aliphatic rings. The quantitative estimate of drug-likeness (QED) is 0.417. The van der Waals surface area contributed by atoms with E-state index in [0.717, 1.165) is 24.3 Å². The largest absolute Gasteiger partial charge is 0.505 e. The summed E-state index contributed by atoms with van der Waals surface area (Å²) in [6.45, 7) is 3.14. The molecule has 190 valence electrons. The molecule has 1 unspecified atom stereocenters. The number of hydrogen-bond donors (Lipinski definition) is 3. The SMILES string of the molecule is CCOC(=O)CC(NC(=O)Nc1c(O)cc(C)n(C)c1=O)c1cc(F)cc(-c2ccc(F)cc2)c1F. The van der Waals surface area contributed by atoms with Crippen molar-refractivity contribution in [2.75, 3.05) is 11.9 Å². The van der Waals surface area contributed by atoms with E-state index in [1.807, 2.05) is 0 Å². The van der Waals surface area contributed by atoms with Gasteiger partial charge >= 0.3 is 12.0 Å². The first kappa shape index (κ1) is 26.3. The zero-order valence-corrected chi connectivity index (χ0v) is 19.7. The van der Waals surface area contributed by atoms with Gasteiger partial charge in [-0.1, -0.05) is 12.1 Å². The summed E-state index contributed by atoms with van der Waals surface area (Å²) in [5, 5.41) is 14.6. The highest BCUT2D eigenvalue weighted by atomic mass is 19.1. The summed E-state index contributed by atoms with van der Waals surface area (Å²) in [6.07, 6.45) is -0.567. The van der Waals surface area contributed by atoms with Gasteiger partial charge in [0.25, 0.3) is 5.56 Å². The molecule has 0 saturated heterocycles. The highest BCUT2D eigenvalue weighted by molar-refractivity contribution is 5.91. The average Bonchev–Trinajstić information content (AvgIpc) is 2.82. The number of nitrogens with zero attached hydrogens (tertiary/aromatic N) is 1. The first-order chi connectivity index (χ1) is 17.0. The van der Waals surface area contributed by atoms with Crippen molar-refractivity contribution >= 4 is 17.7 Å². The molecule has 0 aliphatic heterocycles. The number of esters is 1. The Balaban J connectivity index is 2.00. The molecule has 2 amide bonds. The van der Waals surface area contributed by atoms with E-state index in [0.29, 0.717) is 5.69 Å². The minimum atomic E-state index is -1.42. The summed E-state index contributed by atoms with van der Waals surface area (Å²) < 4.78 is 49.5. The Morgan fingerprint density at radius 1 is 1.08 bits per heavy atom. The number of aromatic nitrogens is 1. The van der Waals surface area contributed by atoms with Crippen LogP contribution in [0.4, 0.5) is 23.7 Å². The van der Waals surface area contributed by atoms with Crippen LogP contribution in [0.15, 0.2) is 47.3 Å². The normalized spacial score (nSPS) is 11.6. The minimum absolute atomic E-state index is 0.0114. The number of aryl methyl sites for hydroxylation is 1. The predicted octanol–water partition coefficient (Wildman–Crippen LogP) is 4.30. The van der Waals surface area contributed by atoms with Crippen LogP contribution in [0.5, 0.6) is 5.75 Å². The summed E-state index contributed by atoms with van der Waals surface area (Å²) in [5.41, 5.74) is -1.15. The lowest BCUT2D eigenvalue weighted by Crippen LogP contribution is -2.36. The second-order valence-corrected chi connectivity index (χ2v) is 7.93. The number of hydrogen-bond acceptors (Lipinski definition) is 5. The van der Waals surface area contributed by atoms with Gasteiger partial charge in [-0.25, -0.2) is 18.0 Å². The molecule has 36 heavy (non-hydrogen) atoms. The highest BCUT2D eigenvalue weighted by Crippen LogP contribution is 2.31. The van der Waals surface area contributed by atoms with Gasteiger partial charge < -0.3 is 25.0 Å². The number of anilines is 1. The number of amides is 2.